The SMILES string of the molecule is Cc1cc(NC(=O)[C@H](C)OC(=O)c2ccc(-n3cccc3)cc2)no1. The molecule has 0 bridgehead atoms. The van der Waals surface area contributed by atoms with Crippen molar-refractivity contribution in [2.75, 3.05) is 5.32 Å². The average Bonchev–Trinajstić information content (AvgIpc) is 3.27. The molecule has 0 aliphatic carbocycles. The van der Waals surface area contributed by atoms with Crippen molar-refractivity contribution in [1.29, 1.82) is 0 Å². The Labute approximate surface area is 144 Å². The number of carbonyl (C=O) groups is 2. The van der Waals surface area contributed by atoms with Gasteiger partial charge in [-0.1, -0.05) is 5.16 Å². The Kier molecular flexibility index (Phi) is 4.65. The van der Waals surface area contributed by atoms with Gasteiger partial charge in [0.15, 0.2) is 11.9 Å². The molecule has 7 heteroatoms. The minimum absolute atomic E-state index is 0.279. The number of anilines is 1. The average molecular weight is 339 g/mol. The Morgan fingerprint density at radius 2 is 1.88 bits per heavy atom. The predicted molar refractivity (Wildman–Crippen MR) is 90.5 cm³/mol. The van der Waals surface area contributed by atoms with Crippen LogP contribution in [-0.4, -0.2) is 27.7 Å². The molecular weight excluding hydrogens is 322 g/mol. The van der Waals surface area contributed by atoms with Gasteiger partial charge in [-0.3, -0.25) is 4.79 Å². The van der Waals surface area contributed by atoms with Gasteiger partial charge in [-0.25, -0.2) is 4.79 Å². The lowest BCUT2D eigenvalue weighted by molar-refractivity contribution is -0.123. The van der Waals surface area contributed by atoms with Crippen LogP contribution in [0.25, 0.3) is 5.69 Å². The number of benzene rings is 1. The van der Waals surface area contributed by atoms with Crippen molar-refractivity contribution in [1.82, 2.24) is 9.72 Å². The minimum atomic E-state index is -0.964. The van der Waals surface area contributed by atoms with E-state index in [4.69, 9.17) is 9.26 Å². The molecule has 25 heavy (non-hydrogen) atoms. The summed E-state index contributed by atoms with van der Waals surface area (Å²) in [6.07, 6.45) is 2.85. The quantitative estimate of drug-likeness (QED) is 0.722. The van der Waals surface area contributed by atoms with Crippen LogP contribution in [0.3, 0.4) is 0 Å². The monoisotopic (exact) mass is 339 g/mol. The predicted octanol–water partition coefficient (Wildman–Crippen LogP) is 2.96. The summed E-state index contributed by atoms with van der Waals surface area (Å²) in [6, 6.07) is 12.3. The Balaban J connectivity index is 1.60. The fraction of sp³-hybridized carbons (Fsp3) is 0.167. The molecule has 0 radical (unpaired) electrons. The second-order valence-electron chi connectivity index (χ2n) is 5.50. The highest BCUT2D eigenvalue weighted by atomic mass is 16.5. The van der Waals surface area contributed by atoms with Gasteiger partial charge < -0.3 is 19.1 Å². The van der Waals surface area contributed by atoms with E-state index in [2.05, 4.69) is 10.5 Å². The van der Waals surface area contributed by atoms with E-state index in [9.17, 15) is 9.59 Å². The number of aryl methyl sites for hydroxylation is 1. The van der Waals surface area contributed by atoms with Gasteiger partial charge in [-0.05, 0) is 50.2 Å². The first-order valence-corrected chi connectivity index (χ1v) is 7.71. The molecule has 1 amide bonds. The van der Waals surface area contributed by atoms with Crippen molar-refractivity contribution in [3.63, 3.8) is 0 Å². The van der Waals surface area contributed by atoms with Crippen molar-refractivity contribution in [2.45, 2.75) is 20.0 Å². The third kappa shape index (κ3) is 3.95. The molecule has 3 aromatic rings. The number of ether oxygens (including phenoxy) is 1. The third-order valence-electron chi connectivity index (χ3n) is 3.54. The maximum absolute atomic E-state index is 12.2. The lowest BCUT2D eigenvalue weighted by atomic mass is 10.2. The molecule has 128 valence electrons. The Morgan fingerprint density at radius 3 is 2.48 bits per heavy atom. The maximum Gasteiger partial charge on any atom is 0.338 e. The fourth-order valence-corrected chi connectivity index (χ4v) is 2.21. The molecular formula is C18H17N3O4. The Bertz CT molecular complexity index is 866. The molecule has 1 N–H and O–H groups in total. The van der Waals surface area contributed by atoms with Crippen molar-refractivity contribution >= 4 is 17.7 Å². The van der Waals surface area contributed by atoms with E-state index in [1.165, 1.54) is 6.92 Å². The first kappa shape index (κ1) is 16.5. The molecule has 0 saturated carbocycles. The lowest BCUT2D eigenvalue weighted by Crippen LogP contribution is -2.30. The van der Waals surface area contributed by atoms with E-state index in [0.29, 0.717) is 11.3 Å². The molecule has 2 heterocycles. The van der Waals surface area contributed by atoms with Crippen molar-refractivity contribution in [3.05, 3.63) is 66.2 Å². The normalized spacial score (nSPS) is 11.8. The molecule has 0 spiro atoms. The van der Waals surface area contributed by atoms with Gasteiger partial charge in [-0.2, -0.15) is 0 Å². The second-order valence-corrected chi connectivity index (χ2v) is 5.50. The van der Waals surface area contributed by atoms with Gasteiger partial charge in [0.25, 0.3) is 5.91 Å². The summed E-state index contributed by atoms with van der Waals surface area (Å²) in [4.78, 5) is 24.2. The lowest BCUT2D eigenvalue weighted by Gasteiger charge is -2.12. The van der Waals surface area contributed by atoms with Crippen LogP contribution >= 0.6 is 0 Å². The van der Waals surface area contributed by atoms with Gasteiger partial charge in [0.1, 0.15) is 5.76 Å². The zero-order valence-corrected chi connectivity index (χ0v) is 13.8. The highest BCUT2D eigenvalue weighted by Gasteiger charge is 2.20. The zero-order chi connectivity index (χ0) is 17.8. The molecule has 3 rings (SSSR count). The number of amides is 1. The van der Waals surface area contributed by atoms with E-state index < -0.39 is 18.0 Å². The molecule has 1 atom stereocenters. The number of carbonyl (C=O) groups excluding carboxylic acids is 2. The highest BCUT2D eigenvalue weighted by Crippen LogP contribution is 2.13. The van der Waals surface area contributed by atoms with Crippen LogP contribution in [0.1, 0.15) is 23.0 Å². The highest BCUT2D eigenvalue weighted by molar-refractivity contribution is 5.96. The summed E-state index contributed by atoms with van der Waals surface area (Å²) in [5.41, 5.74) is 1.29. The minimum Gasteiger partial charge on any atom is -0.449 e. The zero-order valence-electron chi connectivity index (χ0n) is 13.8. The number of nitrogens with zero attached hydrogens (tertiary/aromatic N) is 2. The summed E-state index contributed by atoms with van der Waals surface area (Å²) >= 11 is 0. The summed E-state index contributed by atoms with van der Waals surface area (Å²) < 4.78 is 12.0. The fourth-order valence-electron chi connectivity index (χ4n) is 2.21. The van der Waals surface area contributed by atoms with E-state index in [1.807, 2.05) is 29.1 Å². The topological polar surface area (TPSA) is 86.4 Å². The van der Waals surface area contributed by atoms with Crippen molar-refractivity contribution in [2.24, 2.45) is 0 Å². The van der Waals surface area contributed by atoms with Gasteiger partial charge in [0.05, 0.1) is 5.56 Å². The first-order valence-electron chi connectivity index (χ1n) is 7.71. The summed E-state index contributed by atoms with van der Waals surface area (Å²) in [5.74, 6) is -0.201. The molecule has 0 saturated heterocycles. The molecule has 0 aliphatic heterocycles. The van der Waals surface area contributed by atoms with Crippen LogP contribution in [-0.2, 0) is 9.53 Å². The second kappa shape index (κ2) is 7.04. The molecule has 7 nitrogen and oxygen atoms in total. The van der Waals surface area contributed by atoms with Crippen molar-refractivity contribution < 1.29 is 18.8 Å². The number of esters is 1. The van der Waals surface area contributed by atoms with Crippen LogP contribution in [0.4, 0.5) is 5.82 Å². The van der Waals surface area contributed by atoms with Gasteiger partial charge in [0.2, 0.25) is 0 Å². The van der Waals surface area contributed by atoms with Crippen LogP contribution < -0.4 is 5.32 Å². The smallest absolute Gasteiger partial charge is 0.338 e. The van der Waals surface area contributed by atoms with Gasteiger partial charge in [-0.15, -0.1) is 0 Å². The summed E-state index contributed by atoms with van der Waals surface area (Å²) in [6.45, 7) is 3.21. The van der Waals surface area contributed by atoms with Gasteiger partial charge in [0, 0.05) is 24.1 Å². The molecule has 2 aromatic heterocycles. The number of hydrogen-bond donors (Lipinski definition) is 1. The molecule has 0 aliphatic rings. The van der Waals surface area contributed by atoms with E-state index >= 15 is 0 Å². The number of hydrogen-bond acceptors (Lipinski definition) is 5. The Hall–Kier alpha value is -3.35. The Morgan fingerprint density at radius 1 is 1.20 bits per heavy atom. The summed E-state index contributed by atoms with van der Waals surface area (Å²) in [5, 5.41) is 6.18. The number of nitrogens with one attached hydrogen (secondary N) is 1. The molecule has 0 unspecified atom stereocenters. The van der Waals surface area contributed by atoms with Crippen LogP contribution in [0.15, 0.2) is 59.4 Å². The standard InChI is InChI=1S/C18H17N3O4/c1-12-11-16(20-25-12)19-17(22)13(2)24-18(23)14-5-7-15(8-6-14)21-9-3-4-10-21/h3-11,13H,1-2H3,(H,19,20,22)/t13-/m0/s1. The first-order chi connectivity index (χ1) is 12.0. The van der Waals surface area contributed by atoms with Crippen LogP contribution in [0.2, 0.25) is 0 Å². The van der Waals surface area contributed by atoms with E-state index in [0.717, 1.165) is 5.69 Å². The maximum atomic E-state index is 12.2. The number of aromatic nitrogens is 2. The summed E-state index contributed by atoms with van der Waals surface area (Å²) in [7, 11) is 0. The van der Waals surface area contributed by atoms with E-state index in [-0.39, 0.29) is 5.82 Å². The molecule has 1 aromatic carbocycles. The third-order valence-corrected chi connectivity index (χ3v) is 3.54. The van der Waals surface area contributed by atoms with Crippen LogP contribution in [0, 0.1) is 6.92 Å². The molecule has 0 fully saturated rings. The number of rotatable bonds is 5. The largest absolute Gasteiger partial charge is 0.449 e. The van der Waals surface area contributed by atoms with E-state index in [1.54, 1.807) is 37.3 Å². The van der Waals surface area contributed by atoms with Gasteiger partial charge >= 0.3 is 5.97 Å². The van der Waals surface area contributed by atoms with Crippen molar-refractivity contribution in [3.8, 4) is 5.69 Å². The van der Waals surface area contributed by atoms with Crippen LogP contribution in [0.5, 0.6) is 0 Å².